The zero-order valence-electron chi connectivity index (χ0n) is 18.7. The van der Waals surface area contributed by atoms with Gasteiger partial charge in [0.2, 0.25) is 0 Å². The Kier molecular flexibility index (Phi) is 28.5. The summed E-state index contributed by atoms with van der Waals surface area (Å²) in [5.41, 5.74) is 0. The van der Waals surface area contributed by atoms with Crippen LogP contribution in [-0.2, 0) is 17.1 Å². The van der Waals surface area contributed by atoms with E-state index in [0.717, 1.165) is 4.48 Å². The van der Waals surface area contributed by atoms with Crippen molar-refractivity contribution in [1.82, 2.24) is 0 Å². The predicted molar refractivity (Wildman–Crippen MR) is 119 cm³/mol. The molecule has 0 bridgehead atoms. The summed E-state index contributed by atoms with van der Waals surface area (Å²) >= 11 is 0. The topological polar surface area (TPSA) is 0 Å². The summed E-state index contributed by atoms with van der Waals surface area (Å²) in [5.74, 6) is 0. The zero-order chi connectivity index (χ0) is 19.3. The summed E-state index contributed by atoms with van der Waals surface area (Å²) in [6.45, 7) is 3.62. The molecule has 0 aliphatic heterocycles. The van der Waals surface area contributed by atoms with E-state index >= 15 is 0 Å². The fraction of sp³-hybridized carbons (Fsp3) is 0.600. The maximum Gasteiger partial charge on any atom is 2.00 e. The minimum Gasteiger partial charge on any atom is -1.00 e. The molecule has 2 aromatic carbocycles. The van der Waals surface area contributed by atoms with Crippen LogP contribution in [0.1, 0.15) is 71.1 Å². The van der Waals surface area contributed by atoms with Crippen LogP contribution < -0.4 is 17.0 Å². The molecule has 0 saturated heterocycles. The van der Waals surface area contributed by atoms with Crippen molar-refractivity contribution in [3.63, 3.8) is 0 Å². The molecule has 0 amide bonds. The predicted octanol–water partition coefficient (Wildman–Crippen LogP) is 4.43. The van der Waals surface area contributed by atoms with E-state index in [1.165, 1.54) is 70.8 Å². The van der Waals surface area contributed by atoms with Crippen LogP contribution in [0.15, 0.2) is 60.7 Å². The van der Waals surface area contributed by atoms with Crippen LogP contribution in [0.2, 0.25) is 0 Å². The van der Waals surface area contributed by atoms with Crippen molar-refractivity contribution >= 4 is 0 Å². The third kappa shape index (κ3) is 30.4. The number of unbranched alkanes of at least 4 members (excludes halogenated alkanes) is 9. The Morgan fingerprint density at radius 1 is 0.571 bits per heavy atom. The first-order valence-electron chi connectivity index (χ1n) is 10.7. The molecule has 164 valence electrons. The minimum absolute atomic E-state index is 0. The van der Waals surface area contributed by atoms with Crippen molar-refractivity contribution in [3.05, 3.63) is 60.7 Å². The van der Waals surface area contributed by atoms with Crippen LogP contribution in [0.3, 0.4) is 0 Å². The van der Waals surface area contributed by atoms with E-state index < -0.39 is 0 Å². The molecule has 0 fully saturated rings. The fourth-order valence-electron chi connectivity index (χ4n) is 2.72. The summed E-state index contributed by atoms with van der Waals surface area (Å²) in [7, 11) is 6.86. The van der Waals surface area contributed by atoms with E-state index in [4.69, 9.17) is 0 Å². The van der Waals surface area contributed by atoms with Crippen molar-refractivity contribution in [2.45, 2.75) is 71.1 Å². The normalized spacial score (nSPS) is 9.71. The Morgan fingerprint density at radius 2 is 0.893 bits per heavy atom. The second-order valence-electron chi connectivity index (χ2n) is 8.12. The average molecular weight is 494 g/mol. The van der Waals surface area contributed by atoms with Crippen LogP contribution >= 0.6 is 0 Å². The molecule has 0 saturated carbocycles. The van der Waals surface area contributed by atoms with Gasteiger partial charge in [0.05, 0.1) is 27.7 Å². The molecule has 2 rings (SSSR count). The summed E-state index contributed by atoms with van der Waals surface area (Å²) in [5, 5.41) is 0. The Balaban J connectivity index is -0.000000421. The van der Waals surface area contributed by atoms with Gasteiger partial charge in [0.1, 0.15) is 0 Å². The maximum absolute atomic E-state index is 2.29. The maximum atomic E-state index is 2.29. The number of nitrogens with zero attached hydrogens (tertiary/aromatic N) is 1. The van der Waals surface area contributed by atoms with Crippen molar-refractivity contribution in [2.75, 3.05) is 27.7 Å². The van der Waals surface area contributed by atoms with E-state index in [1.54, 1.807) is 0 Å². The van der Waals surface area contributed by atoms with E-state index in [1.807, 2.05) is 60.7 Å². The number of quaternary nitrogens is 1. The third-order valence-electron chi connectivity index (χ3n) is 4.29. The van der Waals surface area contributed by atoms with Crippen LogP contribution in [0, 0.1) is 0 Å². The molecule has 0 radical (unpaired) electrons. The third-order valence-corrected chi connectivity index (χ3v) is 4.29. The molecule has 3 heteroatoms. The van der Waals surface area contributed by atoms with E-state index in [2.05, 4.69) is 28.1 Å². The second kappa shape index (κ2) is 24.7. The van der Waals surface area contributed by atoms with Crippen molar-refractivity contribution in [1.29, 1.82) is 0 Å². The van der Waals surface area contributed by atoms with Gasteiger partial charge in [0.15, 0.2) is 0 Å². The second-order valence-corrected chi connectivity index (χ2v) is 8.12. The van der Waals surface area contributed by atoms with Gasteiger partial charge in [-0.2, -0.15) is 36.4 Å². The fourth-order valence-corrected chi connectivity index (χ4v) is 2.72. The Morgan fingerprint density at radius 3 is 1.14 bits per heavy atom. The van der Waals surface area contributed by atoms with E-state index in [0.29, 0.717) is 0 Å². The summed E-state index contributed by atoms with van der Waals surface area (Å²) in [6, 6.07) is 20.0. The van der Waals surface area contributed by atoms with Gasteiger partial charge in [0, 0.05) is 0 Å². The molecule has 0 aliphatic carbocycles. The van der Waals surface area contributed by atoms with Crippen LogP contribution in [0.4, 0.5) is 0 Å². The van der Waals surface area contributed by atoms with Crippen LogP contribution in [0.25, 0.3) is 0 Å². The van der Waals surface area contributed by atoms with E-state index in [9.17, 15) is 0 Å². The summed E-state index contributed by atoms with van der Waals surface area (Å²) in [6.07, 6.45) is 14.4. The van der Waals surface area contributed by atoms with E-state index in [-0.39, 0.29) is 34.1 Å². The first kappa shape index (κ1) is 32.3. The molecular formula is C25H44BrFeN. The Labute approximate surface area is 197 Å². The van der Waals surface area contributed by atoms with Gasteiger partial charge < -0.3 is 21.5 Å². The molecule has 2 aromatic rings. The molecule has 1 nitrogen and oxygen atoms in total. The zero-order valence-corrected chi connectivity index (χ0v) is 21.4. The molecule has 0 aromatic heterocycles. The first-order chi connectivity index (χ1) is 12.6. The quantitative estimate of drug-likeness (QED) is 0.188. The Bertz CT molecular complexity index is 371. The smallest absolute Gasteiger partial charge is 1.00 e. The van der Waals surface area contributed by atoms with Gasteiger partial charge in [-0.1, -0.05) is 58.3 Å². The number of rotatable bonds is 11. The standard InChI is InChI=1S/C15H34N.2C5H5.BrH.Fe/c1-5-6-7-8-9-10-11-12-13-14-15-16(2,3)4;2*1-2-4-5-3-1;;/h5-15H2,1-4H3;2*1-5H;1H;/q+1;2*-1;;+2/p-1. The van der Waals surface area contributed by atoms with Gasteiger partial charge in [-0.05, 0) is 12.8 Å². The van der Waals surface area contributed by atoms with Crippen molar-refractivity contribution < 1.29 is 38.5 Å². The molecular weight excluding hydrogens is 450 g/mol. The largest absolute Gasteiger partial charge is 2.00 e. The molecule has 0 heterocycles. The van der Waals surface area contributed by atoms with Crippen molar-refractivity contribution in [2.24, 2.45) is 0 Å². The molecule has 28 heavy (non-hydrogen) atoms. The number of hydrogen-bond acceptors (Lipinski definition) is 0. The number of hydrogen-bond donors (Lipinski definition) is 0. The van der Waals surface area contributed by atoms with Gasteiger partial charge in [0.25, 0.3) is 0 Å². The molecule has 0 unspecified atom stereocenters. The molecule has 0 N–H and O–H groups in total. The van der Waals surface area contributed by atoms with Gasteiger partial charge in [-0.25, -0.2) is 24.3 Å². The van der Waals surface area contributed by atoms with Crippen molar-refractivity contribution in [3.8, 4) is 0 Å². The number of halogens is 1. The molecule has 0 aliphatic rings. The summed E-state index contributed by atoms with van der Waals surface area (Å²) < 4.78 is 1.12. The Hall–Kier alpha value is -0.341. The first-order valence-corrected chi connectivity index (χ1v) is 10.7. The van der Waals surface area contributed by atoms with Gasteiger partial charge in [-0.3, -0.25) is 0 Å². The van der Waals surface area contributed by atoms with Crippen LogP contribution in [-0.4, -0.2) is 32.2 Å². The summed E-state index contributed by atoms with van der Waals surface area (Å²) in [4.78, 5) is 0. The minimum atomic E-state index is 0. The van der Waals surface area contributed by atoms with Crippen LogP contribution in [0.5, 0.6) is 0 Å². The van der Waals surface area contributed by atoms with Gasteiger partial charge >= 0.3 is 17.1 Å². The monoisotopic (exact) mass is 493 g/mol. The van der Waals surface area contributed by atoms with Gasteiger partial charge in [-0.15, -0.1) is 0 Å². The molecule has 0 spiro atoms. The SMILES string of the molecule is CCCCCCCCCCCC[N+](C)(C)C.[Br-].[Fe+2].c1cc[cH-]c1.c1cc[cH-]c1. The molecule has 0 atom stereocenters. The average Bonchev–Trinajstić information content (AvgIpc) is 3.34.